The summed E-state index contributed by atoms with van der Waals surface area (Å²) in [4.78, 5) is 2.48. The van der Waals surface area contributed by atoms with Crippen LogP contribution in [0.5, 0.6) is 0 Å². The monoisotopic (exact) mass is 207 g/mol. The van der Waals surface area contributed by atoms with E-state index in [1.54, 1.807) is 0 Å². The van der Waals surface area contributed by atoms with Crippen LogP contribution < -0.4 is 0 Å². The molecule has 1 heterocycles. The van der Waals surface area contributed by atoms with Gasteiger partial charge < -0.3 is 0 Å². The molecular formula is C14H25N. The van der Waals surface area contributed by atoms with Crippen LogP contribution in [0.3, 0.4) is 0 Å². The maximum atomic E-state index is 5.59. The van der Waals surface area contributed by atoms with E-state index in [-0.39, 0.29) is 5.54 Å². The maximum absolute atomic E-state index is 5.59. The van der Waals surface area contributed by atoms with Crippen LogP contribution in [0, 0.1) is 24.2 Å². The maximum Gasteiger partial charge on any atom is 0.0766 e. The van der Waals surface area contributed by atoms with Crippen molar-refractivity contribution in [1.82, 2.24) is 4.90 Å². The smallest absolute Gasteiger partial charge is 0.0766 e. The molecule has 86 valence electrons. The molecule has 0 amide bonds. The largest absolute Gasteiger partial charge is 0.287 e. The number of hydrogen-bond acceptors (Lipinski definition) is 1. The molecule has 1 fully saturated rings. The Kier molecular flexibility index (Phi) is 4.22. The Morgan fingerprint density at radius 2 is 2.13 bits per heavy atom. The molecule has 1 aliphatic heterocycles. The summed E-state index contributed by atoms with van der Waals surface area (Å²) >= 11 is 0. The molecule has 15 heavy (non-hydrogen) atoms. The van der Waals surface area contributed by atoms with Crippen molar-refractivity contribution in [2.45, 2.75) is 52.5 Å². The molecule has 0 aromatic rings. The molecule has 1 rings (SSSR count). The van der Waals surface area contributed by atoms with Crippen molar-refractivity contribution in [1.29, 1.82) is 0 Å². The van der Waals surface area contributed by atoms with Crippen molar-refractivity contribution in [3.8, 4) is 12.3 Å². The fourth-order valence-corrected chi connectivity index (χ4v) is 2.52. The highest BCUT2D eigenvalue weighted by Crippen LogP contribution is 2.27. The number of terminal acetylenes is 1. The number of nitrogens with zero attached hydrogens (tertiary/aromatic N) is 1. The van der Waals surface area contributed by atoms with Gasteiger partial charge in [-0.05, 0) is 51.5 Å². The van der Waals surface area contributed by atoms with Crippen LogP contribution in [-0.2, 0) is 0 Å². The topological polar surface area (TPSA) is 3.24 Å². The van der Waals surface area contributed by atoms with Crippen LogP contribution in [0.1, 0.15) is 47.0 Å². The van der Waals surface area contributed by atoms with Crippen LogP contribution in [0.25, 0.3) is 0 Å². The Hall–Kier alpha value is -0.480. The molecule has 1 unspecified atom stereocenters. The lowest BCUT2D eigenvalue weighted by Crippen LogP contribution is -2.48. The average molecular weight is 207 g/mol. The molecule has 0 bridgehead atoms. The molecule has 0 aromatic heterocycles. The zero-order chi connectivity index (χ0) is 11.5. The normalized spacial score (nSPS) is 24.1. The molecule has 0 N–H and O–H groups in total. The number of hydrogen-bond donors (Lipinski definition) is 0. The summed E-state index contributed by atoms with van der Waals surface area (Å²) in [5, 5.41) is 0. The lowest BCUT2D eigenvalue weighted by atomic mass is 9.87. The molecular weight excluding hydrogens is 182 g/mol. The molecule has 1 aliphatic rings. The van der Waals surface area contributed by atoms with E-state index in [1.165, 1.54) is 32.4 Å². The van der Waals surface area contributed by atoms with Gasteiger partial charge in [0, 0.05) is 6.54 Å². The summed E-state index contributed by atoms with van der Waals surface area (Å²) < 4.78 is 0. The predicted octanol–water partition coefficient (Wildman–Crippen LogP) is 3.16. The van der Waals surface area contributed by atoms with Gasteiger partial charge in [-0.3, -0.25) is 4.90 Å². The summed E-state index contributed by atoms with van der Waals surface area (Å²) in [6.07, 6.45) is 9.63. The standard InChI is InChI=1S/C14H25N/c1-6-14(4,5)15-9-7-8-13(11-15)10-12(2)3/h1,12-13H,7-11H2,2-5H3. The highest BCUT2D eigenvalue weighted by atomic mass is 15.2. The molecule has 1 atom stereocenters. The summed E-state index contributed by atoms with van der Waals surface area (Å²) in [7, 11) is 0. The minimum atomic E-state index is -0.0599. The van der Waals surface area contributed by atoms with E-state index in [9.17, 15) is 0 Å². The van der Waals surface area contributed by atoms with Crippen molar-refractivity contribution in [2.75, 3.05) is 13.1 Å². The van der Waals surface area contributed by atoms with Crippen molar-refractivity contribution in [3.63, 3.8) is 0 Å². The fourth-order valence-electron chi connectivity index (χ4n) is 2.52. The molecule has 0 radical (unpaired) electrons. The molecule has 0 aliphatic carbocycles. The van der Waals surface area contributed by atoms with E-state index in [0.717, 1.165) is 11.8 Å². The van der Waals surface area contributed by atoms with Crippen LogP contribution >= 0.6 is 0 Å². The zero-order valence-corrected chi connectivity index (χ0v) is 10.7. The van der Waals surface area contributed by atoms with Gasteiger partial charge in [0.15, 0.2) is 0 Å². The van der Waals surface area contributed by atoms with E-state index < -0.39 is 0 Å². The molecule has 1 nitrogen and oxygen atoms in total. The van der Waals surface area contributed by atoms with Crippen molar-refractivity contribution >= 4 is 0 Å². The molecule has 1 saturated heterocycles. The zero-order valence-electron chi connectivity index (χ0n) is 10.7. The summed E-state index contributed by atoms with van der Waals surface area (Å²) in [5.74, 6) is 4.57. The minimum absolute atomic E-state index is 0.0599. The molecule has 0 saturated carbocycles. The van der Waals surface area contributed by atoms with Gasteiger partial charge in [0.05, 0.1) is 5.54 Å². The highest BCUT2D eigenvalue weighted by Gasteiger charge is 2.29. The quantitative estimate of drug-likeness (QED) is 0.643. The first kappa shape index (κ1) is 12.6. The van der Waals surface area contributed by atoms with Crippen molar-refractivity contribution in [2.24, 2.45) is 11.8 Å². The lowest BCUT2D eigenvalue weighted by Gasteiger charge is -2.41. The molecule has 1 heteroatoms. The van der Waals surface area contributed by atoms with E-state index in [4.69, 9.17) is 6.42 Å². The first-order valence-electron chi connectivity index (χ1n) is 6.18. The van der Waals surface area contributed by atoms with Gasteiger partial charge in [0.2, 0.25) is 0 Å². The highest BCUT2D eigenvalue weighted by molar-refractivity contribution is 5.09. The van der Waals surface area contributed by atoms with Crippen LogP contribution in [0.4, 0.5) is 0 Å². The van der Waals surface area contributed by atoms with Crippen LogP contribution in [0.15, 0.2) is 0 Å². The Morgan fingerprint density at radius 3 is 2.67 bits per heavy atom. The first-order valence-corrected chi connectivity index (χ1v) is 6.18. The van der Waals surface area contributed by atoms with E-state index in [0.29, 0.717) is 0 Å². The Bertz CT molecular complexity index is 234. The van der Waals surface area contributed by atoms with E-state index in [2.05, 4.69) is 38.5 Å². The molecule has 0 spiro atoms. The number of rotatable bonds is 3. The minimum Gasteiger partial charge on any atom is -0.287 e. The summed E-state index contributed by atoms with van der Waals surface area (Å²) in [6, 6.07) is 0. The van der Waals surface area contributed by atoms with E-state index >= 15 is 0 Å². The second-order valence-electron chi connectivity index (χ2n) is 5.79. The van der Waals surface area contributed by atoms with Gasteiger partial charge >= 0.3 is 0 Å². The lowest BCUT2D eigenvalue weighted by molar-refractivity contribution is 0.0945. The van der Waals surface area contributed by atoms with Gasteiger partial charge in [-0.25, -0.2) is 0 Å². The number of likely N-dealkylation sites (tertiary alicyclic amines) is 1. The Morgan fingerprint density at radius 1 is 1.47 bits per heavy atom. The van der Waals surface area contributed by atoms with Gasteiger partial charge in [-0.15, -0.1) is 6.42 Å². The first-order chi connectivity index (χ1) is 6.95. The van der Waals surface area contributed by atoms with Gasteiger partial charge in [-0.2, -0.15) is 0 Å². The molecule has 0 aromatic carbocycles. The third-order valence-corrected chi connectivity index (χ3v) is 3.47. The average Bonchev–Trinajstić information content (AvgIpc) is 2.17. The predicted molar refractivity (Wildman–Crippen MR) is 66.7 cm³/mol. The second-order valence-corrected chi connectivity index (χ2v) is 5.79. The SMILES string of the molecule is C#CC(C)(C)N1CCCC(CC(C)C)C1. The van der Waals surface area contributed by atoms with E-state index in [1.807, 2.05) is 0 Å². The van der Waals surface area contributed by atoms with Crippen molar-refractivity contribution in [3.05, 3.63) is 0 Å². The van der Waals surface area contributed by atoms with Gasteiger partial charge in [-0.1, -0.05) is 19.8 Å². The number of piperidine rings is 1. The Balaban J connectivity index is 2.53. The third kappa shape index (κ3) is 3.54. The van der Waals surface area contributed by atoms with Gasteiger partial charge in [0.25, 0.3) is 0 Å². The third-order valence-electron chi connectivity index (χ3n) is 3.47. The van der Waals surface area contributed by atoms with Crippen LogP contribution in [-0.4, -0.2) is 23.5 Å². The van der Waals surface area contributed by atoms with Crippen LogP contribution in [0.2, 0.25) is 0 Å². The summed E-state index contributed by atoms with van der Waals surface area (Å²) in [6.45, 7) is 11.3. The van der Waals surface area contributed by atoms with Gasteiger partial charge in [0.1, 0.15) is 0 Å². The summed E-state index contributed by atoms with van der Waals surface area (Å²) in [5.41, 5.74) is -0.0599. The Labute approximate surface area is 95.2 Å². The van der Waals surface area contributed by atoms with Crippen molar-refractivity contribution < 1.29 is 0 Å². The second kappa shape index (κ2) is 5.03. The fraction of sp³-hybridized carbons (Fsp3) is 0.857.